The van der Waals surface area contributed by atoms with Crippen molar-refractivity contribution in [1.82, 2.24) is 15.0 Å². The first-order chi connectivity index (χ1) is 18.9. The molecule has 1 heterocycles. The van der Waals surface area contributed by atoms with Crippen LogP contribution in [0.25, 0.3) is 11.1 Å². The molecule has 3 aromatic carbocycles. The zero-order valence-electron chi connectivity index (χ0n) is 21.0. The highest BCUT2D eigenvalue weighted by molar-refractivity contribution is 7.90. The van der Waals surface area contributed by atoms with Gasteiger partial charge in [0.05, 0.1) is 22.2 Å². The molecule has 1 atom stereocenters. The lowest BCUT2D eigenvalue weighted by Gasteiger charge is -2.22. The average Bonchev–Trinajstić information content (AvgIpc) is 2.87. The van der Waals surface area contributed by atoms with Gasteiger partial charge >= 0.3 is 6.03 Å². The van der Waals surface area contributed by atoms with E-state index in [9.17, 15) is 31.2 Å². The number of nitrogens with two attached hydrogens (primary N) is 1. The Morgan fingerprint density at radius 1 is 0.950 bits per heavy atom. The number of aryl methyl sites for hydroxylation is 1. The van der Waals surface area contributed by atoms with Crippen LogP contribution in [0.3, 0.4) is 0 Å². The lowest BCUT2D eigenvalue weighted by Crippen LogP contribution is -2.42. The summed E-state index contributed by atoms with van der Waals surface area (Å²) in [7, 11) is -4.28. The molecule has 0 radical (unpaired) electrons. The number of nitrogens with zero attached hydrogens (tertiary/aromatic N) is 1. The highest BCUT2D eigenvalue weighted by atomic mass is 32.2. The van der Waals surface area contributed by atoms with Crippen molar-refractivity contribution in [3.05, 3.63) is 119 Å². The Labute approximate surface area is 228 Å². The molecule has 4 N–H and O–H groups in total. The molecule has 4 aromatic rings. The fourth-order valence-electron chi connectivity index (χ4n) is 4.22. The summed E-state index contributed by atoms with van der Waals surface area (Å²) < 4.78 is 69.8. The fraction of sp³-hybridized carbons (Fsp3) is 0.107. The number of urea groups is 1. The molecule has 206 valence electrons. The van der Waals surface area contributed by atoms with Gasteiger partial charge in [0.25, 0.3) is 15.9 Å². The number of carbonyl (C=O) groups excluding carboxylic acids is 2. The van der Waals surface area contributed by atoms with Crippen molar-refractivity contribution < 1.29 is 31.2 Å². The number of halogens is 3. The fourth-order valence-corrected chi connectivity index (χ4v) is 5.39. The number of aromatic nitrogens is 1. The van der Waals surface area contributed by atoms with E-state index in [4.69, 9.17) is 5.73 Å². The Hall–Kier alpha value is -4.71. The molecule has 0 saturated heterocycles. The average molecular weight is 569 g/mol. The maximum atomic E-state index is 14.1. The predicted octanol–water partition coefficient (Wildman–Crippen LogP) is 4.55. The van der Waals surface area contributed by atoms with Crippen LogP contribution in [0.2, 0.25) is 0 Å². The van der Waals surface area contributed by atoms with Crippen LogP contribution in [-0.4, -0.2) is 25.3 Å². The molecule has 8 nitrogen and oxygen atoms in total. The number of carbonyl (C=O) groups is 2. The Morgan fingerprint density at radius 3 is 2.33 bits per heavy atom. The lowest BCUT2D eigenvalue weighted by atomic mass is 9.94. The second kappa shape index (κ2) is 11.6. The number of sulfonamides is 1. The molecular weight excluding hydrogens is 545 g/mol. The summed E-state index contributed by atoms with van der Waals surface area (Å²) in [5.41, 5.74) is 6.23. The molecule has 0 fully saturated rings. The summed E-state index contributed by atoms with van der Waals surface area (Å²) in [6.07, 6.45) is 1.18. The third-order valence-electron chi connectivity index (χ3n) is 5.99. The zero-order chi connectivity index (χ0) is 29.0. The molecule has 12 heteroatoms. The normalized spacial score (nSPS) is 12.0. The van der Waals surface area contributed by atoms with Crippen LogP contribution in [0.5, 0.6) is 0 Å². The van der Waals surface area contributed by atoms with Crippen LogP contribution >= 0.6 is 0 Å². The summed E-state index contributed by atoms with van der Waals surface area (Å²) in [6.45, 7) is 1.57. The quantitative estimate of drug-likeness (QED) is 0.287. The number of pyridine rings is 1. The van der Waals surface area contributed by atoms with Gasteiger partial charge < -0.3 is 11.1 Å². The minimum absolute atomic E-state index is 0.113. The van der Waals surface area contributed by atoms with E-state index in [1.807, 2.05) is 4.72 Å². The summed E-state index contributed by atoms with van der Waals surface area (Å²) in [5.74, 6) is -3.56. The molecule has 0 aliphatic carbocycles. The molecular formula is C28H23F3N4O4S. The van der Waals surface area contributed by atoms with Crippen LogP contribution in [0.15, 0.2) is 83.9 Å². The maximum Gasteiger partial charge on any atom is 0.329 e. The number of hydrogen-bond acceptors (Lipinski definition) is 5. The molecule has 40 heavy (non-hydrogen) atoms. The van der Waals surface area contributed by atoms with Crippen molar-refractivity contribution in [2.24, 2.45) is 5.73 Å². The van der Waals surface area contributed by atoms with Gasteiger partial charge in [0.2, 0.25) is 0 Å². The van der Waals surface area contributed by atoms with Gasteiger partial charge in [-0.3, -0.25) is 9.78 Å². The van der Waals surface area contributed by atoms with Gasteiger partial charge in [-0.05, 0) is 66.4 Å². The van der Waals surface area contributed by atoms with Gasteiger partial charge in [0.15, 0.2) is 0 Å². The minimum Gasteiger partial charge on any atom is -0.366 e. The number of primary amides is 1. The van der Waals surface area contributed by atoms with E-state index in [-0.39, 0.29) is 28.1 Å². The summed E-state index contributed by atoms with van der Waals surface area (Å²) in [4.78, 5) is 28.9. The Bertz CT molecular complexity index is 1690. The van der Waals surface area contributed by atoms with Gasteiger partial charge in [-0.25, -0.2) is 31.1 Å². The van der Waals surface area contributed by atoms with Crippen LogP contribution in [0.4, 0.5) is 18.0 Å². The van der Waals surface area contributed by atoms with E-state index in [0.717, 1.165) is 18.2 Å². The van der Waals surface area contributed by atoms with E-state index in [1.54, 1.807) is 31.2 Å². The Morgan fingerprint density at radius 2 is 1.65 bits per heavy atom. The molecule has 0 aliphatic rings. The topological polar surface area (TPSA) is 131 Å². The monoisotopic (exact) mass is 568 g/mol. The first kappa shape index (κ1) is 28.3. The molecule has 3 amide bonds. The van der Waals surface area contributed by atoms with Crippen LogP contribution in [-0.2, 0) is 16.4 Å². The Kier molecular flexibility index (Phi) is 8.19. The van der Waals surface area contributed by atoms with Crippen molar-refractivity contribution in [2.75, 3.05) is 0 Å². The highest BCUT2D eigenvalue weighted by Crippen LogP contribution is 2.30. The summed E-state index contributed by atoms with van der Waals surface area (Å²) >= 11 is 0. The summed E-state index contributed by atoms with van der Waals surface area (Å²) in [5, 5.41) is 2.52. The molecule has 4 rings (SSSR count). The van der Waals surface area contributed by atoms with Crippen molar-refractivity contribution in [1.29, 1.82) is 0 Å². The van der Waals surface area contributed by atoms with Crippen LogP contribution in [0, 0.1) is 24.4 Å². The van der Waals surface area contributed by atoms with Gasteiger partial charge in [-0.1, -0.05) is 30.3 Å². The zero-order valence-corrected chi connectivity index (χ0v) is 21.8. The Balaban J connectivity index is 1.75. The van der Waals surface area contributed by atoms with Crippen molar-refractivity contribution in [3.63, 3.8) is 0 Å². The molecule has 0 bridgehead atoms. The highest BCUT2D eigenvalue weighted by Gasteiger charge is 2.25. The maximum absolute atomic E-state index is 14.1. The van der Waals surface area contributed by atoms with Crippen LogP contribution < -0.4 is 15.8 Å². The number of benzene rings is 3. The standard InChI is InChI=1S/C28H23F3N4O4S/c1-16-5-2-3-7-25(16)40(38,39)35-28(37)34-24(13-17-11-19(29)15-20(30)12-17)26-21(6-4-10-33-26)18-8-9-23(31)22(14-18)27(32)36/h2-12,14-15,24H,13H2,1H3,(H2,32,36)(H2,34,35,37). The predicted molar refractivity (Wildman–Crippen MR) is 141 cm³/mol. The van der Waals surface area contributed by atoms with Gasteiger partial charge in [0, 0.05) is 17.8 Å². The third-order valence-corrected chi connectivity index (χ3v) is 7.48. The van der Waals surface area contributed by atoms with E-state index in [2.05, 4.69) is 10.3 Å². The molecule has 1 aromatic heterocycles. The summed E-state index contributed by atoms with van der Waals surface area (Å²) in [6, 6.07) is 13.3. The second-order valence-corrected chi connectivity index (χ2v) is 10.5. The number of amides is 3. The van der Waals surface area contributed by atoms with Crippen LogP contribution in [0.1, 0.15) is 33.2 Å². The molecule has 1 unspecified atom stereocenters. The number of rotatable bonds is 8. The van der Waals surface area contributed by atoms with E-state index in [1.165, 1.54) is 30.5 Å². The smallest absolute Gasteiger partial charge is 0.329 e. The lowest BCUT2D eigenvalue weighted by molar-refractivity contribution is 0.0996. The molecule has 0 aliphatic heterocycles. The minimum atomic E-state index is -4.28. The van der Waals surface area contributed by atoms with E-state index in [0.29, 0.717) is 22.8 Å². The first-order valence-electron chi connectivity index (χ1n) is 11.8. The molecule has 0 saturated carbocycles. The molecule has 0 spiro atoms. The van der Waals surface area contributed by atoms with E-state index >= 15 is 0 Å². The van der Waals surface area contributed by atoms with E-state index < -0.39 is 45.5 Å². The van der Waals surface area contributed by atoms with Crippen molar-refractivity contribution in [3.8, 4) is 11.1 Å². The SMILES string of the molecule is Cc1ccccc1S(=O)(=O)NC(=O)NC(Cc1cc(F)cc(F)c1)c1ncccc1-c1ccc(F)c(C(N)=O)c1. The van der Waals surface area contributed by atoms with Gasteiger partial charge in [-0.2, -0.15) is 0 Å². The number of hydrogen-bond donors (Lipinski definition) is 3. The number of nitrogens with one attached hydrogen (secondary N) is 2. The third kappa shape index (κ3) is 6.46. The largest absolute Gasteiger partial charge is 0.366 e. The van der Waals surface area contributed by atoms with Gasteiger partial charge in [0.1, 0.15) is 17.5 Å². The van der Waals surface area contributed by atoms with Crippen molar-refractivity contribution in [2.45, 2.75) is 24.3 Å². The van der Waals surface area contributed by atoms with Gasteiger partial charge in [-0.15, -0.1) is 0 Å². The second-order valence-electron chi connectivity index (χ2n) is 8.87. The first-order valence-corrected chi connectivity index (χ1v) is 13.3. The van der Waals surface area contributed by atoms with Crippen molar-refractivity contribution >= 4 is 22.0 Å².